The highest BCUT2D eigenvalue weighted by Gasteiger charge is 2.24. The largest absolute Gasteiger partial charge is 0.326 e. The zero-order valence-electron chi connectivity index (χ0n) is 15.7. The predicted octanol–water partition coefficient (Wildman–Crippen LogP) is 3.96. The topological polar surface area (TPSA) is 66.5 Å². The maximum Gasteiger partial charge on any atom is 0.243 e. The molecule has 0 saturated carbocycles. The molecule has 1 amide bonds. The number of anilines is 1. The summed E-state index contributed by atoms with van der Waals surface area (Å²) in [5.74, 6) is -0.527. The van der Waals surface area contributed by atoms with Gasteiger partial charge in [-0.25, -0.2) is 12.8 Å². The van der Waals surface area contributed by atoms with Crippen LogP contribution >= 0.6 is 0 Å². The number of hydrogen-bond donors (Lipinski definition) is 1. The minimum Gasteiger partial charge on any atom is -0.326 e. The van der Waals surface area contributed by atoms with E-state index in [0.717, 1.165) is 31.2 Å². The van der Waals surface area contributed by atoms with Gasteiger partial charge in [0.05, 0.1) is 4.90 Å². The first-order chi connectivity index (χ1) is 13.4. The molecule has 0 spiro atoms. The highest BCUT2D eigenvalue weighted by Crippen LogP contribution is 2.21. The van der Waals surface area contributed by atoms with Gasteiger partial charge < -0.3 is 5.32 Å². The number of sulfonamides is 1. The Morgan fingerprint density at radius 2 is 1.54 bits per heavy atom. The first-order valence-electron chi connectivity index (χ1n) is 9.60. The Bertz CT molecular complexity index is 888. The molecule has 5 nitrogen and oxygen atoms in total. The Hall–Kier alpha value is -2.25. The van der Waals surface area contributed by atoms with Crippen molar-refractivity contribution in [2.45, 2.75) is 43.4 Å². The second-order valence-electron chi connectivity index (χ2n) is 7.02. The van der Waals surface area contributed by atoms with Gasteiger partial charge in [0, 0.05) is 25.2 Å². The van der Waals surface area contributed by atoms with Crippen molar-refractivity contribution in [3.05, 3.63) is 59.9 Å². The number of benzene rings is 2. The fourth-order valence-electron chi connectivity index (χ4n) is 3.27. The summed E-state index contributed by atoms with van der Waals surface area (Å²) in [5, 5.41) is 2.72. The molecule has 2 aromatic rings. The van der Waals surface area contributed by atoms with Gasteiger partial charge in [0.1, 0.15) is 5.82 Å². The van der Waals surface area contributed by atoms with Gasteiger partial charge in [0.2, 0.25) is 15.9 Å². The number of carbonyl (C=O) groups excluding carboxylic acids is 1. The molecule has 7 heteroatoms. The molecule has 1 fully saturated rings. The number of rotatable bonds is 6. The third-order valence-electron chi connectivity index (χ3n) is 4.89. The molecule has 3 rings (SSSR count). The van der Waals surface area contributed by atoms with Crippen LogP contribution in [0.4, 0.5) is 10.1 Å². The van der Waals surface area contributed by atoms with Gasteiger partial charge in [-0.15, -0.1) is 0 Å². The number of halogens is 1. The summed E-state index contributed by atoms with van der Waals surface area (Å²) >= 11 is 0. The van der Waals surface area contributed by atoms with E-state index in [2.05, 4.69) is 5.32 Å². The third kappa shape index (κ3) is 5.39. The van der Waals surface area contributed by atoms with E-state index in [0.29, 0.717) is 30.1 Å². The van der Waals surface area contributed by atoms with Gasteiger partial charge in [-0.3, -0.25) is 4.79 Å². The lowest BCUT2D eigenvalue weighted by molar-refractivity contribution is -0.116. The van der Waals surface area contributed by atoms with Gasteiger partial charge in [0.15, 0.2) is 0 Å². The van der Waals surface area contributed by atoms with Crippen LogP contribution in [0.25, 0.3) is 0 Å². The lowest BCUT2D eigenvalue weighted by Gasteiger charge is -2.20. The fourth-order valence-corrected chi connectivity index (χ4v) is 4.79. The normalized spacial score (nSPS) is 15.8. The first kappa shape index (κ1) is 20.5. The Balaban J connectivity index is 1.56. The molecule has 0 aliphatic carbocycles. The number of amides is 1. The van der Waals surface area contributed by atoms with Gasteiger partial charge >= 0.3 is 0 Å². The second kappa shape index (κ2) is 9.30. The van der Waals surface area contributed by atoms with Crippen molar-refractivity contribution >= 4 is 21.6 Å². The maximum absolute atomic E-state index is 12.9. The average Bonchev–Trinajstić information content (AvgIpc) is 2.99. The SMILES string of the molecule is O=C(CCc1ccc(S(=O)(=O)N2CCCCCC2)cc1)Nc1ccc(F)cc1. The van der Waals surface area contributed by atoms with Gasteiger partial charge in [-0.1, -0.05) is 25.0 Å². The smallest absolute Gasteiger partial charge is 0.243 e. The van der Waals surface area contributed by atoms with Crippen LogP contribution in [0, 0.1) is 5.82 Å². The van der Waals surface area contributed by atoms with Crippen LogP contribution in [0.5, 0.6) is 0 Å². The molecule has 1 heterocycles. The molecule has 2 aromatic carbocycles. The Morgan fingerprint density at radius 1 is 0.929 bits per heavy atom. The second-order valence-corrected chi connectivity index (χ2v) is 8.96. The maximum atomic E-state index is 12.9. The van der Waals surface area contributed by atoms with E-state index in [9.17, 15) is 17.6 Å². The minimum absolute atomic E-state index is 0.173. The molecule has 1 aliphatic rings. The average molecular weight is 405 g/mol. The number of carbonyl (C=O) groups is 1. The summed E-state index contributed by atoms with van der Waals surface area (Å²) in [6, 6.07) is 12.4. The highest BCUT2D eigenvalue weighted by atomic mass is 32.2. The summed E-state index contributed by atoms with van der Waals surface area (Å²) in [6.07, 6.45) is 4.71. The van der Waals surface area contributed by atoms with Crippen molar-refractivity contribution in [1.29, 1.82) is 0 Å². The lowest BCUT2D eigenvalue weighted by Crippen LogP contribution is -2.31. The van der Waals surface area contributed by atoms with Crippen LogP contribution < -0.4 is 5.32 Å². The van der Waals surface area contributed by atoms with Gasteiger partial charge in [0.25, 0.3) is 0 Å². The van der Waals surface area contributed by atoms with Gasteiger partial charge in [-0.05, 0) is 61.2 Å². The minimum atomic E-state index is -3.45. The van der Waals surface area contributed by atoms with Crippen LogP contribution in [0.3, 0.4) is 0 Å². The molecule has 0 unspecified atom stereocenters. The van der Waals surface area contributed by atoms with E-state index in [4.69, 9.17) is 0 Å². The molecule has 0 bridgehead atoms. The Labute approximate surface area is 165 Å². The van der Waals surface area contributed by atoms with E-state index in [1.165, 1.54) is 24.3 Å². The van der Waals surface area contributed by atoms with E-state index >= 15 is 0 Å². The molecule has 1 aliphatic heterocycles. The summed E-state index contributed by atoms with van der Waals surface area (Å²) in [4.78, 5) is 12.3. The van der Waals surface area contributed by atoms with Crippen LogP contribution in [0.2, 0.25) is 0 Å². The molecule has 0 radical (unpaired) electrons. The van der Waals surface area contributed by atoms with E-state index in [1.54, 1.807) is 28.6 Å². The molecule has 150 valence electrons. The van der Waals surface area contributed by atoms with Crippen molar-refractivity contribution in [2.24, 2.45) is 0 Å². The predicted molar refractivity (Wildman–Crippen MR) is 107 cm³/mol. The standard InChI is InChI=1S/C21H25FN2O3S/c22-18-8-10-19(11-9-18)23-21(25)14-7-17-5-12-20(13-6-17)28(26,27)24-15-3-1-2-4-16-24/h5-6,8-13H,1-4,7,14-16H2,(H,23,25). The van der Waals surface area contributed by atoms with Crippen molar-refractivity contribution < 1.29 is 17.6 Å². The summed E-state index contributed by atoms with van der Waals surface area (Å²) in [7, 11) is -3.45. The summed E-state index contributed by atoms with van der Waals surface area (Å²) in [5.41, 5.74) is 1.44. The van der Waals surface area contributed by atoms with Crippen LogP contribution in [0.15, 0.2) is 53.4 Å². The van der Waals surface area contributed by atoms with Crippen molar-refractivity contribution in [2.75, 3.05) is 18.4 Å². The fraction of sp³-hybridized carbons (Fsp3) is 0.381. The molecular weight excluding hydrogens is 379 g/mol. The molecule has 1 N–H and O–H groups in total. The number of nitrogens with one attached hydrogen (secondary N) is 1. The Kier molecular flexibility index (Phi) is 6.80. The van der Waals surface area contributed by atoms with Gasteiger partial charge in [-0.2, -0.15) is 4.31 Å². The van der Waals surface area contributed by atoms with Crippen molar-refractivity contribution in [3.63, 3.8) is 0 Å². The van der Waals surface area contributed by atoms with E-state index in [-0.39, 0.29) is 18.1 Å². The van der Waals surface area contributed by atoms with E-state index < -0.39 is 10.0 Å². The van der Waals surface area contributed by atoms with Crippen LogP contribution in [-0.2, 0) is 21.2 Å². The zero-order valence-corrected chi connectivity index (χ0v) is 16.6. The molecule has 28 heavy (non-hydrogen) atoms. The van der Waals surface area contributed by atoms with Crippen LogP contribution in [0.1, 0.15) is 37.7 Å². The molecular formula is C21H25FN2O3S. The number of nitrogens with zero attached hydrogens (tertiary/aromatic N) is 1. The number of hydrogen-bond acceptors (Lipinski definition) is 3. The summed E-state index contributed by atoms with van der Waals surface area (Å²) in [6.45, 7) is 1.15. The first-order valence-corrected chi connectivity index (χ1v) is 11.0. The highest BCUT2D eigenvalue weighted by molar-refractivity contribution is 7.89. The lowest BCUT2D eigenvalue weighted by atomic mass is 10.1. The molecule has 1 saturated heterocycles. The molecule has 0 atom stereocenters. The Morgan fingerprint density at radius 3 is 2.14 bits per heavy atom. The third-order valence-corrected chi connectivity index (χ3v) is 6.81. The van der Waals surface area contributed by atoms with E-state index in [1.807, 2.05) is 0 Å². The van der Waals surface area contributed by atoms with Crippen molar-refractivity contribution in [3.8, 4) is 0 Å². The van der Waals surface area contributed by atoms with Crippen molar-refractivity contribution in [1.82, 2.24) is 4.31 Å². The number of aryl methyl sites for hydroxylation is 1. The van der Waals surface area contributed by atoms with Crippen LogP contribution in [-0.4, -0.2) is 31.7 Å². The zero-order chi connectivity index (χ0) is 20.0. The summed E-state index contributed by atoms with van der Waals surface area (Å²) < 4.78 is 40.0. The molecule has 0 aromatic heterocycles. The monoisotopic (exact) mass is 404 g/mol. The quantitative estimate of drug-likeness (QED) is 0.792.